The fourth-order valence-corrected chi connectivity index (χ4v) is 2.56. The van der Waals surface area contributed by atoms with E-state index in [1.165, 1.54) is 5.39 Å². The average molecular weight is 228 g/mol. The van der Waals surface area contributed by atoms with E-state index >= 15 is 0 Å². The minimum Gasteiger partial charge on any atom is -0.388 e. The van der Waals surface area contributed by atoms with Crippen molar-refractivity contribution in [3.8, 4) is 0 Å². The molecule has 0 aromatic heterocycles. The van der Waals surface area contributed by atoms with Gasteiger partial charge in [0, 0.05) is 12.5 Å². The van der Waals surface area contributed by atoms with Gasteiger partial charge in [0.05, 0.1) is 12.7 Å². The molecule has 2 aromatic rings. The third-order valence-corrected chi connectivity index (χ3v) is 3.55. The number of hydrogen-bond donors (Lipinski definition) is 1. The summed E-state index contributed by atoms with van der Waals surface area (Å²) in [7, 11) is 0. The summed E-state index contributed by atoms with van der Waals surface area (Å²) in [6, 6.07) is 14.3. The smallest absolute Gasteiger partial charge is 0.0847 e. The molecule has 0 saturated carbocycles. The molecule has 2 unspecified atom stereocenters. The molecule has 1 N–H and O–H groups in total. The van der Waals surface area contributed by atoms with E-state index in [0.29, 0.717) is 6.61 Å². The maximum atomic E-state index is 10.4. The number of rotatable bonds is 2. The lowest BCUT2D eigenvalue weighted by molar-refractivity contribution is 0.0929. The van der Waals surface area contributed by atoms with Crippen molar-refractivity contribution in [2.75, 3.05) is 13.2 Å². The van der Waals surface area contributed by atoms with Gasteiger partial charge < -0.3 is 9.84 Å². The van der Waals surface area contributed by atoms with Gasteiger partial charge in [-0.25, -0.2) is 0 Å². The predicted molar refractivity (Wildman–Crippen MR) is 67.8 cm³/mol. The quantitative estimate of drug-likeness (QED) is 0.856. The lowest BCUT2D eigenvalue weighted by atomic mass is 9.91. The first-order chi connectivity index (χ1) is 8.36. The average Bonchev–Trinajstić information content (AvgIpc) is 2.91. The maximum absolute atomic E-state index is 10.4. The molecule has 1 aliphatic heterocycles. The zero-order chi connectivity index (χ0) is 11.7. The Morgan fingerprint density at radius 2 is 1.94 bits per heavy atom. The summed E-state index contributed by atoms with van der Waals surface area (Å²) in [6.07, 6.45) is 0.535. The molecule has 0 aliphatic carbocycles. The highest BCUT2D eigenvalue weighted by Crippen LogP contribution is 2.32. The number of benzene rings is 2. The Morgan fingerprint density at radius 3 is 2.76 bits per heavy atom. The first-order valence-corrected chi connectivity index (χ1v) is 6.10. The summed E-state index contributed by atoms with van der Waals surface area (Å²) in [5.41, 5.74) is 1.03. The molecule has 1 fully saturated rings. The molecule has 1 aliphatic rings. The molecule has 3 rings (SSSR count). The van der Waals surface area contributed by atoms with Gasteiger partial charge in [-0.3, -0.25) is 0 Å². The van der Waals surface area contributed by atoms with Crippen LogP contribution in [0.25, 0.3) is 10.8 Å². The second kappa shape index (κ2) is 4.47. The van der Waals surface area contributed by atoms with Crippen molar-refractivity contribution < 1.29 is 9.84 Å². The van der Waals surface area contributed by atoms with Gasteiger partial charge in [-0.2, -0.15) is 0 Å². The Labute approximate surface area is 101 Å². The lowest BCUT2D eigenvalue weighted by Gasteiger charge is -2.18. The van der Waals surface area contributed by atoms with Gasteiger partial charge in [-0.15, -0.1) is 0 Å². The molecule has 1 saturated heterocycles. The van der Waals surface area contributed by atoms with Crippen molar-refractivity contribution in [1.29, 1.82) is 0 Å². The number of ether oxygens (including phenoxy) is 1. The van der Waals surface area contributed by atoms with Gasteiger partial charge in [0.25, 0.3) is 0 Å². The SMILES string of the molecule is OC(c1cccc2ccccc12)C1CCOC1. The summed E-state index contributed by atoms with van der Waals surface area (Å²) in [6.45, 7) is 1.44. The number of aliphatic hydroxyl groups is 1. The Morgan fingerprint density at radius 1 is 1.12 bits per heavy atom. The molecule has 0 bridgehead atoms. The van der Waals surface area contributed by atoms with Gasteiger partial charge in [0.1, 0.15) is 0 Å². The van der Waals surface area contributed by atoms with Crippen LogP contribution in [0.15, 0.2) is 42.5 Å². The fourth-order valence-electron chi connectivity index (χ4n) is 2.56. The fraction of sp³-hybridized carbons (Fsp3) is 0.333. The number of fused-ring (bicyclic) bond motifs is 1. The molecule has 2 nitrogen and oxygen atoms in total. The van der Waals surface area contributed by atoms with Gasteiger partial charge in [-0.1, -0.05) is 42.5 Å². The van der Waals surface area contributed by atoms with Crippen LogP contribution >= 0.6 is 0 Å². The molecular formula is C15H16O2. The van der Waals surface area contributed by atoms with Crippen LogP contribution in [0.3, 0.4) is 0 Å². The Kier molecular flexibility index (Phi) is 2.83. The summed E-state index contributed by atoms with van der Waals surface area (Å²) >= 11 is 0. The third kappa shape index (κ3) is 1.94. The van der Waals surface area contributed by atoms with E-state index < -0.39 is 6.10 Å². The molecule has 2 atom stereocenters. The van der Waals surface area contributed by atoms with E-state index in [9.17, 15) is 5.11 Å². The highest BCUT2D eigenvalue weighted by atomic mass is 16.5. The molecule has 0 amide bonds. The van der Waals surface area contributed by atoms with Crippen molar-refractivity contribution in [3.63, 3.8) is 0 Å². The minimum atomic E-state index is -0.413. The van der Waals surface area contributed by atoms with Crippen LogP contribution in [0.5, 0.6) is 0 Å². The van der Waals surface area contributed by atoms with Crippen molar-refractivity contribution in [2.24, 2.45) is 5.92 Å². The summed E-state index contributed by atoms with van der Waals surface area (Å²) in [5.74, 6) is 0.237. The van der Waals surface area contributed by atoms with Crippen LogP contribution in [0.1, 0.15) is 18.1 Å². The predicted octanol–water partition coefficient (Wildman–Crippen LogP) is 2.91. The zero-order valence-corrected chi connectivity index (χ0v) is 9.67. The summed E-state index contributed by atoms with van der Waals surface area (Å²) < 4.78 is 5.35. The van der Waals surface area contributed by atoms with Crippen LogP contribution in [0.4, 0.5) is 0 Å². The van der Waals surface area contributed by atoms with Crippen LogP contribution < -0.4 is 0 Å². The second-order valence-corrected chi connectivity index (χ2v) is 4.64. The van der Waals surface area contributed by atoms with Gasteiger partial charge in [-0.05, 0) is 22.8 Å². The highest BCUT2D eigenvalue weighted by Gasteiger charge is 2.26. The van der Waals surface area contributed by atoms with E-state index in [2.05, 4.69) is 18.2 Å². The Balaban J connectivity index is 2.04. The highest BCUT2D eigenvalue weighted by molar-refractivity contribution is 5.85. The van der Waals surface area contributed by atoms with Gasteiger partial charge in [0.15, 0.2) is 0 Å². The molecule has 88 valence electrons. The molecule has 2 aromatic carbocycles. The number of aliphatic hydroxyl groups excluding tert-OH is 1. The Bertz CT molecular complexity index is 510. The summed E-state index contributed by atoms with van der Waals surface area (Å²) in [4.78, 5) is 0. The van der Waals surface area contributed by atoms with Crippen molar-refractivity contribution >= 4 is 10.8 Å². The number of hydrogen-bond acceptors (Lipinski definition) is 2. The molecule has 2 heteroatoms. The molecular weight excluding hydrogens is 212 g/mol. The standard InChI is InChI=1S/C15H16O2/c16-15(12-8-9-17-10-12)14-7-3-5-11-4-1-2-6-13(11)14/h1-7,12,15-16H,8-10H2. The topological polar surface area (TPSA) is 29.5 Å². The lowest BCUT2D eigenvalue weighted by Crippen LogP contribution is -2.12. The minimum absolute atomic E-state index is 0.237. The first-order valence-electron chi connectivity index (χ1n) is 6.10. The van der Waals surface area contributed by atoms with Crippen molar-refractivity contribution in [1.82, 2.24) is 0 Å². The normalized spacial score (nSPS) is 21.8. The van der Waals surface area contributed by atoms with Crippen molar-refractivity contribution in [3.05, 3.63) is 48.0 Å². The van der Waals surface area contributed by atoms with Crippen molar-refractivity contribution in [2.45, 2.75) is 12.5 Å². The monoisotopic (exact) mass is 228 g/mol. The van der Waals surface area contributed by atoms with E-state index in [1.807, 2.05) is 24.3 Å². The molecule has 0 spiro atoms. The van der Waals surface area contributed by atoms with Crippen LogP contribution in [-0.4, -0.2) is 18.3 Å². The maximum Gasteiger partial charge on any atom is 0.0847 e. The van der Waals surface area contributed by atoms with Crippen LogP contribution in [0, 0.1) is 5.92 Å². The van der Waals surface area contributed by atoms with Crippen LogP contribution in [0.2, 0.25) is 0 Å². The second-order valence-electron chi connectivity index (χ2n) is 4.64. The largest absolute Gasteiger partial charge is 0.388 e. The zero-order valence-electron chi connectivity index (χ0n) is 9.67. The van der Waals surface area contributed by atoms with E-state index in [0.717, 1.165) is 24.0 Å². The van der Waals surface area contributed by atoms with Gasteiger partial charge >= 0.3 is 0 Å². The first kappa shape index (κ1) is 10.8. The van der Waals surface area contributed by atoms with E-state index in [1.54, 1.807) is 0 Å². The van der Waals surface area contributed by atoms with E-state index in [4.69, 9.17) is 4.74 Å². The Hall–Kier alpha value is -1.38. The molecule has 0 radical (unpaired) electrons. The molecule has 1 heterocycles. The van der Waals surface area contributed by atoms with Gasteiger partial charge in [0.2, 0.25) is 0 Å². The molecule has 17 heavy (non-hydrogen) atoms. The van der Waals surface area contributed by atoms with Crippen LogP contribution in [-0.2, 0) is 4.74 Å². The third-order valence-electron chi connectivity index (χ3n) is 3.55. The summed E-state index contributed by atoms with van der Waals surface area (Å²) in [5, 5.41) is 12.8. The van der Waals surface area contributed by atoms with E-state index in [-0.39, 0.29) is 5.92 Å².